The molecule has 0 spiro atoms. The predicted molar refractivity (Wildman–Crippen MR) is 91.4 cm³/mol. The number of hydrogen-bond acceptors (Lipinski definition) is 8. The van der Waals surface area contributed by atoms with Crippen molar-refractivity contribution in [2.24, 2.45) is 0 Å². The van der Waals surface area contributed by atoms with Crippen LogP contribution in [0.15, 0.2) is 22.8 Å². The molecule has 0 unspecified atom stereocenters. The summed E-state index contributed by atoms with van der Waals surface area (Å²) in [5, 5.41) is 3.00. The molecule has 138 valence electrons. The number of hydrogen-bond donors (Lipinski definition) is 2. The van der Waals surface area contributed by atoms with E-state index in [0.29, 0.717) is 10.4 Å². The lowest BCUT2D eigenvalue weighted by atomic mass is 9.94. The molecule has 2 heterocycles. The second kappa shape index (κ2) is 6.56. The Morgan fingerprint density at radius 3 is 2.76 bits per heavy atom. The number of halogens is 1. The molecule has 1 fully saturated rings. The number of fused-ring (bicyclic) bond motifs is 1. The van der Waals surface area contributed by atoms with Crippen LogP contribution in [0.25, 0.3) is 0 Å². The van der Waals surface area contributed by atoms with Gasteiger partial charge in [-0.05, 0) is 32.9 Å². The minimum absolute atomic E-state index is 0.294. The SMILES string of the molecule is Cc1ccnc(N[C@H]2C=C(Br)[C@H]3OC(C)(C)O[C@H]3[C@@H]2OS(=O)(=O)O)n1. The van der Waals surface area contributed by atoms with Crippen LogP contribution in [-0.4, -0.2) is 53.1 Å². The molecule has 4 atom stereocenters. The summed E-state index contributed by atoms with van der Waals surface area (Å²) in [5.74, 6) is -0.639. The van der Waals surface area contributed by atoms with Crippen LogP contribution in [0, 0.1) is 6.92 Å². The summed E-state index contributed by atoms with van der Waals surface area (Å²) in [6.07, 6.45) is 0.864. The topological polar surface area (TPSA) is 120 Å². The largest absolute Gasteiger partial charge is 0.397 e. The smallest absolute Gasteiger partial charge is 0.345 e. The van der Waals surface area contributed by atoms with Gasteiger partial charge in [0, 0.05) is 16.4 Å². The van der Waals surface area contributed by atoms with Crippen LogP contribution in [0.5, 0.6) is 0 Å². The van der Waals surface area contributed by atoms with E-state index in [4.69, 9.17) is 13.7 Å². The Kier molecular flexibility index (Phi) is 4.90. The summed E-state index contributed by atoms with van der Waals surface area (Å²) in [5.41, 5.74) is 0.739. The van der Waals surface area contributed by atoms with E-state index in [2.05, 4.69) is 31.2 Å². The van der Waals surface area contributed by atoms with E-state index in [0.717, 1.165) is 5.69 Å². The molecule has 9 nitrogen and oxygen atoms in total. The third-order valence-electron chi connectivity index (χ3n) is 3.74. The summed E-state index contributed by atoms with van der Waals surface area (Å²) in [6.45, 7) is 5.22. The van der Waals surface area contributed by atoms with Gasteiger partial charge in [0.1, 0.15) is 18.3 Å². The van der Waals surface area contributed by atoms with Crippen molar-refractivity contribution < 1.29 is 26.6 Å². The fourth-order valence-corrected chi connectivity index (χ4v) is 4.00. The zero-order chi connectivity index (χ0) is 18.4. The number of rotatable bonds is 4. The third-order valence-corrected chi connectivity index (χ3v) is 4.92. The minimum atomic E-state index is -4.71. The Balaban J connectivity index is 1.94. The number of ether oxygens (including phenoxy) is 2. The average molecular weight is 436 g/mol. The van der Waals surface area contributed by atoms with Crippen LogP contribution in [0.3, 0.4) is 0 Å². The van der Waals surface area contributed by atoms with Gasteiger partial charge >= 0.3 is 10.4 Å². The first kappa shape index (κ1) is 18.7. The molecule has 0 aromatic carbocycles. The molecular weight excluding hydrogens is 418 g/mol. The highest BCUT2D eigenvalue weighted by Gasteiger charge is 2.52. The van der Waals surface area contributed by atoms with Gasteiger partial charge in [-0.25, -0.2) is 14.2 Å². The van der Waals surface area contributed by atoms with Crippen LogP contribution in [0.4, 0.5) is 5.95 Å². The van der Waals surface area contributed by atoms with Gasteiger partial charge in [-0.15, -0.1) is 0 Å². The molecule has 1 saturated heterocycles. The quantitative estimate of drug-likeness (QED) is 0.678. The fourth-order valence-electron chi connectivity index (χ4n) is 2.85. The first-order chi connectivity index (χ1) is 11.5. The number of anilines is 1. The van der Waals surface area contributed by atoms with Gasteiger partial charge in [0.05, 0.1) is 6.04 Å². The Morgan fingerprint density at radius 1 is 1.40 bits per heavy atom. The Morgan fingerprint density at radius 2 is 2.12 bits per heavy atom. The van der Waals surface area contributed by atoms with Gasteiger partial charge in [-0.2, -0.15) is 8.42 Å². The van der Waals surface area contributed by atoms with Crippen LogP contribution >= 0.6 is 15.9 Å². The van der Waals surface area contributed by atoms with E-state index < -0.39 is 40.5 Å². The standard InChI is InChI=1S/C14H18BrN3O6S/c1-7-4-5-16-13(17-7)18-9-6-8(15)10-12(23-14(2,3)22-10)11(9)24-25(19,20)21/h4-6,9-12H,1-3H3,(H,16,17,18)(H,19,20,21)/t9-,10+,11+,12+/m0/s1. The van der Waals surface area contributed by atoms with E-state index in [1.54, 1.807) is 39.1 Å². The molecule has 0 radical (unpaired) electrons. The lowest BCUT2D eigenvalue weighted by Gasteiger charge is -2.34. The molecule has 1 aliphatic carbocycles. The number of aryl methyl sites for hydroxylation is 1. The van der Waals surface area contributed by atoms with Crippen molar-refractivity contribution in [3.8, 4) is 0 Å². The number of nitrogens with one attached hydrogen (secondary N) is 1. The van der Waals surface area contributed by atoms with Crippen molar-refractivity contribution in [3.63, 3.8) is 0 Å². The molecular formula is C14H18BrN3O6S. The molecule has 0 amide bonds. The minimum Gasteiger partial charge on any atom is -0.345 e. The molecule has 0 bridgehead atoms. The van der Waals surface area contributed by atoms with Crippen LogP contribution in [0.1, 0.15) is 19.5 Å². The van der Waals surface area contributed by atoms with Crippen LogP contribution in [-0.2, 0) is 24.1 Å². The second-order valence-electron chi connectivity index (χ2n) is 6.25. The van der Waals surface area contributed by atoms with Crippen LogP contribution < -0.4 is 5.32 Å². The van der Waals surface area contributed by atoms with Crippen molar-refractivity contribution in [3.05, 3.63) is 28.5 Å². The summed E-state index contributed by atoms with van der Waals surface area (Å²) in [6, 6.07) is 1.05. The third kappa shape index (κ3) is 4.36. The Labute approximate surface area is 153 Å². The van der Waals surface area contributed by atoms with E-state index in [1.165, 1.54) is 0 Å². The summed E-state index contributed by atoms with van der Waals surface area (Å²) < 4.78 is 49.0. The number of aromatic nitrogens is 2. The summed E-state index contributed by atoms with van der Waals surface area (Å²) >= 11 is 3.43. The molecule has 1 aromatic heterocycles. The van der Waals surface area contributed by atoms with E-state index in [1.807, 2.05) is 0 Å². The summed E-state index contributed by atoms with van der Waals surface area (Å²) in [7, 11) is -4.71. The van der Waals surface area contributed by atoms with E-state index in [-0.39, 0.29) is 0 Å². The maximum atomic E-state index is 11.3. The maximum Gasteiger partial charge on any atom is 0.397 e. The highest BCUT2D eigenvalue weighted by atomic mass is 79.9. The molecule has 0 saturated carbocycles. The van der Waals surface area contributed by atoms with Crippen molar-refractivity contribution in [2.45, 2.75) is 50.9 Å². The fraction of sp³-hybridized carbons (Fsp3) is 0.571. The number of nitrogens with zero attached hydrogens (tertiary/aromatic N) is 2. The zero-order valence-corrected chi connectivity index (χ0v) is 16.1. The highest BCUT2D eigenvalue weighted by Crippen LogP contribution is 2.41. The molecule has 1 aliphatic heterocycles. The van der Waals surface area contributed by atoms with Gasteiger partial charge in [-0.1, -0.05) is 15.9 Å². The maximum absolute atomic E-state index is 11.3. The highest BCUT2D eigenvalue weighted by molar-refractivity contribution is 9.11. The normalized spacial score (nSPS) is 31.3. The van der Waals surface area contributed by atoms with Gasteiger partial charge in [0.15, 0.2) is 5.79 Å². The lowest BCUT2D eigenvalue weighted by molar-refractivity contribution is -0.151. The molecule has 3 rings (SSSR count). The van der Waals surface area contributed by atoms with Crippen molar-refractivity contribution >= 4 is 32.3 Å². The van der Waals surface area contributed by atoms with Gasteiger partial charge in [0.25, 0.3) is 0 Å². The van der Waals surface area contributed by atoms with E-state index in [9.17, 15) is 13.0 Å². The molecule has 25 heavy (non-hydrogen) atoms. The molecule has 2 N–H and O–H groups in total. The van der Waals surface area contributed by atoms with Crippen molar-refractivity contribution in [2.75, 3.05) is 5.32 Å². The summed E-state index contributed by atoms with van der Waals surface area (Å²) in [4.78, 5) is 8.33. The van der Waals surface area contributed by atoms with Crippen molar-refractivity contribution in [1.29, 1.82) is 0 Å². The average Bonchev–Trinajstić information content (AvgIpc) is 2.78. The lowest BCUT2D eigenvalue weighted by Crippen LogP contribution is -2.51. The Bertz CT molecular complexity index is 800. The monoisotopic (exact) mass is 435 g/mol. The van der Waals surface area contributed by atoms with Gasteiger partial charge in [-0.3, -0.25) is 4.55 Å². The second-order valence-corrected chi connectivity index (χ2v) is 8.22. The molecule has 1 aromatic rings. The van der Waals surface area contributed by atoms with Crippen molar-refractivity contribution in [1.82, 2.24) is 9.97 Å². The predicted octanol–water partition coefficient (Wildman–Crippen LogP) is 1.57. The molecule has 2 aliphatic rings. The first-order valence-corrected chi connectivity index (χ1v) is 9.65. The Hall–Kier alpha value is -1.11. The molecule has 11 heteroatoms. The zero-order valence-electron chi connectivity index (χ0n) is 13.7. The van der Waals surface area contributed by atoms with Gasteiger partial charge in [0.2, 0.25) is 5.95 Å². The van der Waals surface area contributed by atoms with Gasteiger partial charge < -0.3 is 14.8 Å². The van der Waals surface area contributed by atoms with Crippen LogP contribution in [0.2, 0.25) is 0 Å². The van der Waals surface area contributed by atoms with E-state index >= 15 is 0 Å². The first-order valence-electron chi connectivity index (χ1n) is 7.49.